The molecule has 0 aromatic heterocycles. The maximum atomic E-state index is 11.7. The summed E-state index contributed by atoms with van der Waals surface area (Å²) in [5.41, 5.74) is 5.77. The SMILES string of the molecule is CC(=O)NCCNC(=O)C1CCC(N)CC1. The van der Waals surface area contributed by atoms with Crippen LogP contribution in [0.2, 0.25) is 0 Å². The van der Waals surface area contributed by atoms with Crippen molar-refractivity contribution in [1.82, 2.24) is 10.6 Å². The Morgan fingerprint density at radius 3 is 2.25 bits per heavy atom. The predicted molar refractivity (Wildman–Crippen MR) is 61.6 cm³/mol. The highest BCUT2D eigenvalue weighted by molar-refractivity contribution is 5.78. The summed E-state index contributed by atoms with van der Waals surface area (Å²) < 4.78 is 0. The molecule has 0 unspecified atom stereocenters. The summed E-state index contributed by atoms with van der Waals surface area (Å²) >= 11 is 0. The molecule has 1 rings (SSSR count). The van der Waals surface area contributed by atoms with E-state index in [1.165, 1.54) is 6.92 Å². The average Bonchev–Trinajstić information content (AvgIpc) is 2.25. The van der Waals surface area contributed by atoms with Gasteiger partial charge in [-0.1, -0.05) is 0 Å². The monoisotopic (exact) mass is 227 g/mol. The fourth-order valence-corrected chi connectivity index (χ4v) is 1.95. The van der Waals surface area contributed by atoms with Crippen LogP contribution in [0.5, 0.6) is 0 Å². The van der Waals surface area contributed by atoms with Gasteiger partial charge in [-0.3, -0.25) is 9.59 Å². The van der Waals surface area contributed by atoms with Crippen molar-refractivity contribution in [1.29, 1.82) is 0 Å². The Kier molecular flexibility index (Phi) is 5.25. The van der Waals surface area contributed by atoms with E-state index in [0.29, 0.717) is 13.1 Å². The lowest BCUT2D eigenvalue weighted by molar-refractivity contribution is -0.126. The van der Waals surface area contributed by atoms with E-state index in [-0.39, 0.29) is 23.8 Å². The highest BCUT2D eigenvalue weighted by Crippen LogP contribution is 2.22. The molecule has 1 fully saturated rings. The third-order valence-corrected chi connectivity index (χ3v) is 2.94. The van der Waals surface area contributed by atoms with Gasteiger partial charge in [0.05, 0.1) is 0 Å². The van der Waals surface area contributed by atoms with Crippen molar-refractivity contribution in [2.45, 2.75) is 38.6 Å². The van der Waals surface area contributed by atoms with Crippen LogP contribution in [-0.2, 0) is 9.59 Å². The van der Waals surface area contributed by atoms with Crippen molar-refractivity contribution < 1.29 is 9.59 Å². The molecular formula is C11H21N3O2. The zero-order valence-electron chi connectivity index (χ0n) is 9.79. The van der Waals surface area contributed by atoms with Crippen molar-refractivity contribution in [2.75, 3.05) is 13.1 Å². The van der Waals surface area contributed by atoms with Gasteiger partial charge in [-0.25, -0.2) is 0 Å². The van der Waals surface area contributed by atoms with Crippen molar-refractivity contribution in [3.8, 4) is 0 Å². The highest BCUT2D eigenvalue weighted by Gasteiger charge is 2.23. The van der Waals surface area contributed by atoms with Gasteiger partial charge in [0.15, 0.2) is 0 Å². The van der Waals surface area contributed by atoms with Crippen LogP contribution in [0.25, 0.3) is 0 Å². The van der Waals surface area contributed by atoms with Crippen molar-refractivity contribution in [3.05, 3.63) is 0 Å². The summed E-state index contributed by atoms with van der Waals surface area (Å²) in [4.78, 5) is 22.3. The first-order valence-electron chi connectivity index (χ1n) is 5.87. The second-order valence-electron chi connectivity index (χ2n) is 4.39. The van der Waals surface area contributed by atoms with Gasteiger partial charge in [0.1, 0.15) is 0 Å². The van der Waals surface area contributed by atoms with E-state index in [4.69, 9.17) is 5.73 Å². The second-order valence-corrected chi connectivity index (χ2v) is 4.39. The minimum Gasteiger partial charge on any atom is -0.355 e. The van der Waals surface area contributed by atoms with Gasteiger partial charge < -0.3 is 16.4 Å². The lowest BCUT2D eigenvalue weighted by Gasteiger charge is -2.25. The third-order valence-electron chi connectivity index (χ3n) is 2.94. The van der Waals surface area contributed by atoms with E-state index >= 15 is 0 Å². The molecule has 0 saturated heterocycles. The molecule has 0 aliphatic heterocycles. The fraction of sp³-hybridized carbons (Fsp3) is 0.818. The van der Waals surface area contributed by atoms with Crippen molar-refractivity contribution in [2.24, 2.45) is 11.7 Å². The average molecular weight is 227 g/mol. The summed E-state index contributed by atoms with van der Waals surface area (Å²) in [6.07, 6.45) is 3.63. The Morgan fingerprint density at radius 1 is 1.12 bits per heavy atom. The number of nitrogens with two attached hydrogens (primary N) is 1. The summed E-state index contributed by atoms with van der Waals surface area (Å²) in [6, 6.07) is 0.267. The molecule has 5 nitrogen and oxygen atoms in total. The molecule has 0 spiro atoms. The molecule has 0 aromatic carbocycles. The first kappa shape index (κ1) is 13.0. The molecule has 0 heterocycles. The Labute approximate surface area is 96.1 Å². The minimum atomic E-state index is -0.0714. The van der Waals surface area contributed by atoms with E-state index in [9.17, 15) is 9.59 Å². The van der Waals surface area contributed by atoms with Crippen LogP contribution in [0.4, 0.5) is 0 Å². The van der Waals surface area contributed by atoms with Crippen LogP contribution in [0, 0.1) is 5.92 Å². The smallest absolute Gasteiger partial charge is 0.223 e. The molecule has 5 heteroatoms. The van der Waals surface area contributed by atoms with Crippen LogP contribution in [0.15, 0.2) is 0 Å². The largest absolute Gasteiger partial charge is 0.355 e. The number of carbonyl (C=O) groups excluding carboxylic acids is 2. The molecule has 16 heavy (non-hydrogen) atoms. The van der Waals surface area contributed by atoms with Crippen LogP contribution in [0.3, 0.4) is 0 Å². The summed E-state index contributed by atoms with van der Waals surface area (Å²) in [6.45, 7) is 2.46. The van der Waals surface area contributed by atoms with Crippen LogP contribution < -0.4 is 16.4 Å². The summed E-state index contributed by atoms with van der Waals surface area (Å²) in [5.74, 6) is 0.132. The standard InChI is InChI=1S/C11H21N3O2/c1-8(15)13-6-7-14-11(16)9-2-4-10(12)5-3-9/h9-10H,2-7,12H2,1H3,(H,13,15)(H,14,16). The topological polar surface area (TPSA) is 84.2 Å². The van der Waals surface area contributed by atoms with Gasteiger partial charge in [-0.15, -0.1) is 0 Å². The zero-order chi connectivity index (χ0) is 12.0. The maximum Gasteiger partial charge on any atom is 0.223 e. The van der Waals surface area contributed by atoms with Gasteiger partial charge >= 0.3 is 0 Å². The molecule has 1 saturated carbocycles. The Bertz CT molecular complexity index is 248. The van der Waals surface area contributed by atoms with E-state index in [1.54, 1.807) is 0 Å². The number of hydrogen-bond acceptors (Lipinski definition) is 3. The molecule has 0 aromatic rings. The molecule has 1 aliphatic rings. The molecule has 0 atom stereocenters. The number of nitrogens with one attached hydrogen (secondary N) is 2. The van der Waals surface area contributed by atoms with E-state index in [0.717, 1.165) is 25.7 Å². The van der Waals surface area contributed by atoms with Gasteiger partial charge in [0, 0.05) is 32.0 Å². The Balaban J connectivity index is 2.12. The molecular weight excluding hydrogens is 206 g/mol. The lowest BCUT2D eigenvalue weighted by atomic mass is 9.86. The Morgan fingerprint density at radius 2 is 1.69 bits per heavy atom. The Hall–Kier alpha value is -1.10. The normalized spacial score (nSPS) is 24.9. The van der Waals surface area contributed by atoms with E-state index < -0.39 is 0 Å². The number of amides is 2. The number of rotatable bonds is 4. The number of hydrogen-bond donors (Lipinski definition) is 3. The van der Waals surface area contributed by atoms with Crippen molar-refractivity contribution >= 4 is 11.8 Å². The van der Waals surface area contributed by atoms with Gasteiger partial charge in [0.25, 0.3) is 0 Å². The quantitative estimate of drug-likeness (QED) is 0.579. The van der Waals surface area contributed by atoms with E-state index in [1.807, 2.05) is 0 Å². The lowest BCUT2D eigenvalue weighted by Crippen LogP contribution is -2.39. The predicted octanol–water partition coefficient (Wildman–Crippen LogP) is -0.244. The summed E-state index contributed by atoms with van der Waals surface area (Å²) in [7, 11) is 0. The highest BCUT2D eigenvalue weighted by atomic mass is 16.2. The van der Waals surface area contributed by atoms with Crippen LogP contribution in [0.1, 0.15) is 32.6 Å². The van der Waals surface area contributed by atoms with E-state index in [2.05, 4.69) is 10.6 Å². The molecule has 4 N–H and O–H groups in total. The summed E-state index contributed by atoms with van der Waals surface area (Å²) in [5, 5.41) is 5.47. The molecule has 1 aliphatic carbocycles. The molecule has 0 radical (unpaired) electrons. The van der Waals surface area contributed by atoms with Gasteiger partial charge in [-0.05, 0) is 25.7 Å². The number of carbonyl (C=O) groups is 2. The van der Waals surface area contributed by atoms with Crippen molar-refractivity contribution in [3.63, 3.8) is 0 Å². The molecule has 0 bridgehead atoms. The molecule has 2 amide bonds. The first-order valence-corrected chi connectivity index (χ1v) is 5.87. The van der Waals surface area contributed by atoms with Gasteiger partial charge in [-0.2, -0.15) is 0 Å². The zero-order valence-corrected chi connectivity index (χ0v) is 9.79. The third kappa shape index (κ3) is 4.61. The van der Waals surface area contributed by atoms with Crippen LogP contribution >= 0.6 is 0 Å². The maximum absolute atomic E-state index is 11.7. The fourth-order valence-electron chi connectivity index (χ4n) is 1.95. The van der Waals surface area contributed by atoms with Crippen LogP contribution in [-0.4, -0.2) is 30.9 Å². The van der Waals surface area contributed by atoms with Gasteiger partial charge in [0.2, 0.25) is 11.8 Å². The second kappa shape index (κ2) is 6.48. The first-order chi connectivity index (χ1) is 7.59. The molecule has 92 valence electrons. The minimum absolute atomic E-state index is 0.0714.